The topological polar surface area (TPSA) is 82.8 Å². The third-order valence-electron chi connectivity index (χ3n) is 2.61. The standard InChI is InChI=1S/C11H11N5O/c1-6-3-4-8-10(14-6)15-11(17-8)7-5-13-16(2)9(7)12/h3-5H,12H2,1-2H3. The molecule has 0 atom stereocenters. The van der Waals surface area contributed by atoms with Crippen LogP contribution >= 0.6 is 0 Å². The average molecular weight is 229 g/mol. The highest BCUT2D eigenvalue weighted by atomic mass is 16.3. The van der Waals surface area contributed by atoms with Crippen LogP contribution < -0.4 is 5.73 Å². The number of hydrogen-bond acceptors (Lipinski definition) is 5. The van der Waals surface area contributed by atoms with E-state index in [0.29, 0.717) is 28.5 Å². The zero-order valence-corrected chi connectivity index (χ0v) is 9.51. The summed E-state index contributed by atoms with van der Waals surface area (Å²) in [5.74, 6) is 0.969. The van der Waals surface area contributed by atoms with Crippen molar-refractivity contribution in [1.29, 1.82) is 0 Å². The number of fused-ring (bicyclic) bond motifs is 1. The average Bonchev–Trinajstić information content (AvgIpc) is 2.83. The predicted molar refractivity (Wildman–Crippen MR) is 63.2 cm³/mol. The van der Waals surface area contributed by atoms with Gasteiger partial charge in [0.15, 0.2) is 11.2 Å². The highest BCUT2D eigenvalue weighted by molar-refractivity contribution is 5.75. The Balaban J connectivity index is 2.21. The number of rotatable bonds is 1. The molecule has 86 valence electrons. The summed E-state index contributed by atoms with van der Waals surface area (Å²) in [4.78, 5) is 8.59. The van der Waals surface area contributed by atoms with Crippen LogP contribution in [0.2, 0.25) is 0 Å². The quantitative estimate of drug-likeness (QED) is 0.683. The number of nitrogens with two attached hydrogens (primary N) is 1. The van der Waals surface area contributed by atoms with Gasteiger partial charge >= 0.3 is 0 Å². The monoisotopic (exact) mass is 229 g/mol. The van der Waals surface area contributed by atoms with E-state index in [9.17, 15) is 0 Å². The molecular formula is C11H11N5O. The maximum Gasteiger partial charge on any atom is 0.234 e. The van der Waals surface area contributed by atoms with Gasteiger partial charge in [0.25, 0.3) is 0 Å². The van der Waals surface area contributed by atoms with Crippen LogP contribution in [-0.2, 0) is 7.05 Å². The molecule has 2 N–H and O–H groups in total. The molecule has 0 aliphatic heterocycles. The van der Waals surface area contributed by atoms with Crippen LogP contribution in [0, 0.1) is 6.92 Å². The Hall–Kier alpha value is -2.37. The number of oxazole rings is 1. The van der Waals surface area contributed by atoms with Crippen molar-refractivity contribution in [2.24, 2.45) is 7.05 Å². The van der Waals surface area contributed by atoms with Gasteiger partial charge in [-0.1, -0.05) is 0 Å². The van der Waals surface area contributed by atoms with Gasteiger partial charge in [-0.15, -0.1) is 0 Å². The Labute approximate surface area is 97.1 Å². The van der Waals surface area contributed by atoms with E-state index in [-0.39, 0.29) is 0 Å². The number of pyridine rings is 1. The Morgan fingerprint density at radius 1 is 1.29 bits per heavy atom. The summed E-state index contributed by atoms with van der Waals surface area (Å²) in [5.41, 5.74) is 8.68. The molecule has 0 saturated heterocycles. The fraction of sp³-hybridized carbons (Fsp3) is 0.182. The number of anilines is 1. The number of aromatic nitrogens is 4. The molecule has 3 aromatic rings. The third-order valence-corrected chi connectivity index (χ3v) is 2.61. The summed E-state index contributed by atoms with van der Waals surface area (Å²) in [7, 11) is 1.77. The third kappa shape index (κ3) is 1.45. The lowest BCUT2D eigenvalue weighted by atomic mass is 10.3. The first kappa shape index (κ1) is 9.83. The molecular weight excluding hydrogens is 218 g/mol. The first-order valence-electron chi connectivity index (χ1n) is 5.17. The minimum Gasteiger partial charge on any atom is -0.434 e. The summed E-state index contributed by atoms with van der Waals surface area (Å²) in [6.07, 6.45) is 1.63. The van der Waals surface area contributed by atoms with Gasteiger partial charge in [-0.3, -0.25) is 4.68 Å². The zero-order valence-electron chi connectivity index (χ0n) is 9.51. The second kappa shape index (κ2) is 3.31. The highest BCUT2D eigenvalue weighted by Crippen LogP contribution is 2.27. The number of hydrogen-bond donors (Lipinski definition) is 1. The minimum atomic E-state index is 0.448. The van der Waals surface area contributed by atoms with Gasteiger partial charge < -0.3 is 10.2 Å². The molecule has 0 saturated carbocycles. The summed E-state index contributed by atoms with van der Waals surface area (Å²) in [6.45, 7) is 1.91. The van der Waals surface area contributed by atoms with Crippen molar-refractivity contribution in [3.05, 3.63) is 24.0 Å². The lowest BCUT2D eigenvalue weighted by Gasteiger charge is -1.94. The van der Waals surface area contributed by atoms with Crippen LogP contribution in [-0.4, -0.2) is 19.7 Å². The molecule has 0 bridgehead atoms. The fourth-order valence-electron chi connectivity index (χ4n) is 1.64. The van der Waals surface area contributed by atoms with E-state index in [1.54, 1.807) is 17.9 Å². The Kier molecular flexibility index (Phi) is 1.91. The predicted octanol–water partition coefficient (Wildman–Crippen LogP) is 1.51. The smallest absolute Gasteiger partial charge is 0.234 e. The van der Waals surface area contributed by atoms with Crippen molar-refractivity contribution >= 4 is 17.0 Å². The van der Waals surface area contributed by atoms with Crippen molar-refractivity contribution in [2.45, 2.75) is 6.92 Å². The Morgan fingerprint density at radius 2 is 2.12 bits per heavy atom. The van der Waals surface area contributed by atoms with Gasteiger partial charge in [-0.25, -0.2) is 4.98 Å². The second-order valence-corrected chi connectivity index (χ2v) is 3.86. The summed E-state index contributed by atoms with van der Waals surface area (Å²) in [5, 5.41) is 4.05. The molecule has 17 heavy (non-hydrogen) atoms. The van der Waals surface area contributed by atoms with E-state index in [2.05, 4.69) is 15.1 Å². The van der Waals surface area contributed by atoms with Crippen LogP contribution in [0.4, 0.5) is 5.82 Å². The summed E-state index contributed by atoms with van der Waals surface area (Å²) in [6, 6.07) is 3.73. The van der Waals surface area contributed by atoms with Crippen LogP contribution in [0.15, 0.2) is 22.7 Å². The van der Waals surface area contributed by atoms with Crippen molar-refractivity contribution in [3.63, 3.8) is 0 Å². The lowest BCUT2D eigenvalue weighted by molar-refractivity contribution is 0.620. The van der Waals surface area contributed by atoms with Gasteiger partial charge in [0.1, 0.15) is 5.82 Å². The first-order valence-corrected chi connectivity index (χ1v) is 5.17. The van der Waals surface area contributed by atoms with Crippen LogP contribution in [0.3, 0.4) is 0 Å². The van der Waals surface area contributed by atoms with Gasteiger partial charge in [0.05, 0.1) is 11.8 Å². The molecule has 0 spiro atoms. The SMILES string of the molecule is Cc1ccc2oc(-c3cnn(C)c3N)nc2n1. The van der Waals surface area contributed by atoms with Gasteiger partial charge in [0, 0.05) is 12.7 Å². The molecule has 3 aromatic heterocycles. The van der Waals surface area contributed by atoms with Crippen molar-refractivity contribution in [1.82, 2.24) is 19.7 Å². The second-order valence-electron chi connectivity index (χ2n) is 3.86. The normalized spacial score (nSPS) is 11.2. The van der Waals surface area contributed by atoms with Crippen molar-refractivity contribution in [3.8, 4) is 11.5 Å². The molecule has 6 nitrogen and oxygen atoms in total. The van der Waals surface area contributed by atoms with Gasteiger partial charge in [-0.2, -0.15) is 10.1 Å². The van der Waals surface area contributed by atoms with E-state index >= 15 is 0 Å². The first-order chi connectivity index (χ1) is 8.15. The van der Waals surface area contributed by atoms with Crippen LogP contribution in [0.1, 0.15) is 5.69 Å². The number of nitrogens with zero attached hydrogens (tertiary/aromatic N) is 4. The molecule has 0 aliphatic rings. The number of nitrogen functional groups attached to an aromatic ring is 1. The van der Waals surface area contributed by atoms with Gasteiger partial charge in [0.2, 0.25) is 5.89 Å². The van der Waals surface area contributed by atoms with E-state index in [1.807, 2.05) is 19.1 Å². The Morgan fingerprint density at radius 3 is 2.82 bits per heavy atom. The maximum atomic E-state index is 5.87. The molecule has 3 rings (SSSR count). The van der Waals surface area contributed by atoms with Crippen molar-refractivity contribution in [2.75, 3.05) is 5.73 Å². The molecule has 0 fully saturated rings. The molecule has 0 aliphatic carbocycles. The van der Waals surface area contributed by atoms with Gasteiger partial charge in [-0.05, 0) is 19.1 Å². The van der Waals surface area contributed by atoms with E-state index in [0.717, 1.165) is 5.69 Å². The molecule has 6 heteroatoms. The Bertz CT molecular complexity index is 697. The fourth-order valence-corrected chi connectivity index (χ4v) is 1.64. The van der Waals surface area contributed by atoms with Crippen LogP contribution in [0.25, 0.3) is 22.7 Å². The largest absolute Gasteiger partial charge is 0.434 e. The highest BCUT2D eigenvalue weighted by Gasteiger charge is 2.14. The van der Waals surface area contributed by atoms with E-state index < -0.39 is 0 Å². The molecule has 0 radical (unpaired) electrons. The van der Waals surface area contributed by atoms with E-state index in [4.69, 9.17) is 10.2 Å². The minimum absolute atomic E-state index is 0.448. The van der Waals surface area contributed by atoms with Crippen molar-refractivity contribution < 1.29 is 4.42 Å². The summed E-state index contributed by atoms with van der Waals surface area (Å²) < 4.78 is 7.17. The van der Waals surface area contributed by atoms with E-state index in [1.165, 1.54) is 0 Å². The maximum absolute atomic E-state index is 5.87. The molecule has 0 amide bonds. The number of aryl methyl sites for hydroxylation is 2. The zero-order chi connectivity index (χ0) is 12.0. The lowest BCUT2D eigenvalue weighted by Crippen LogP contribution is -1.98. The summed E-state index contributed by atoms with van der Waals surface area (Å²) >= 11 is 0. The van der Waals surface area contributed by atoms with Crippen LogP contribution in [0.5, 0.6) is 0 Å². The molecule has 3 heterocycles. The molecule has 0 aromatic carbocycles. The molecule has 0 unspecified atom stereocenters.